The molecule has 0 heterocycles. The number of carbonyl (C=O) groups excluding carboxylic acids is 1. The number of allylic oxidation sites excluding steroid dienone is 6. The van der Waals surface area contributed by atoms with Gasteiger partial charge in [-0.25, -0.2) is 4.39 Å². The zero-order valence-electron chi connectivity index (χ0n) is 27.1. The van der Waals surface area contributed by atoms with Crippen LogP contribution in [-0.2, 0) is 4.79 Å². The largest absolute Gasteiger partial charge is 0.292 e. The van der Waals surface area contributed by atoms with Gasteiger partial charge in [-0.05, 0) is 92.4 Å². The molecule has 0 radical (unpaired) electrons. The van der Waals surface area contributed by atoms with Crippen LogP contribution in [0.2, 0.25) is 0 Å². The molecule has 0 saturated heterocycles. The van der Waals surface area contributed by atoms with Gasteiger partial charge in [0, 0.05) is 26.7 Å². The van der Waals surface area contributed by atoms with Crippen LogP contribution in [0.5, 0.6) is 0 Å². The second-order valence-electron chi connectivity index (χ2n) is 13.4. The van der Waals surface area contributed by atoms with Crippen LogP contribution in [0.3, 0.4) is 0 Å². The summed E-state index contributed by atoms with van der Waals surface area (Å²) in [6, 6.07) is 10.6. The van der Waals surface area contributed by atoms with Crippen molar-refractivity contribution in [2.24, 2.45) is 28.7 Å². The van der Waals surface area contributed by atoms with Gasteiger partial charge in [-0.2, -0.15) is 0 Å². The summed E-state index contributed by atoms with van der Waals surface area (Å²) in [5.74, 6) is 9.24. The average Bonchev–Trinajstić information content (AvgIpc) is 3.85. The molecule has 3 aliphatic rings. The van der Waals surface area contributed by atoms with Crippen LogP contribution >= 0.6 is 0 Å². The van der Waals surface area contributed by atoms with Crippen LogP contribution in [0.25, 0.3) is 0 Å². The number of nitrogens with zero attached hydrogens (tertiary/aromatic N) is 1. The maximum absolute atomic E-state index is 13.8. The van der Waals surface area contributed by atoms with Crippen molar-refractivity contribution in [3.63, 3.8) is 0 Å². The van der Waals surface area contributed by atoms with Crippen molar-refractivity contribution in [1.29, 1.82) is 0 Å². The Morgan fingerprint density at radius 3 is 2.51 bits per heavy atom. The Morgan fingerprint density at radius 1 is 1.02 bits per heavy atom. The van der Waals surface area contributed by atoms with Crippen molar-refractivity contribution in [3.8, 4) is 11.8 Å². The highest BCUT2D eigenvalue weighted by Gasteiger charge is 2.44. The first-order valence-electron chi connectivity index (χ1n) is 17.3. The standard InChI is InChI=1S/C40H54FNO.H2/c1-4-15-32(33-20-10-7-11-21-33)25-27-39(43)40(42-3)34(23-14-19-31-17-8-5-6-9-18-31)22-13-12-16-30(2)28-35-24-26-38(41)37-29-36(35)37;/h7,10-11,20-21,23-24,26,30-32,36-37H,4-6,8-9,12-13,15-18,22,25,27-29H2,1-3H3;1H/b34-23-,42-40?;/t30-,32-,36?,37?;/m1./s1. The van der Waals surface area contributed by atoms with Gasteiger partial charge >= 0.3 is 0 Å². The molecule has 43 heavy (non-hydrogen) atoms. The van der Waals surface area contributed by atoms with Crippen molar-refractivity contribution >= 4 is 11.5 Å². The molecule has 2 unspecified atom stereocenters. The molecule has 234 valence electrons. The summed E-state index contributed by atoms with van der Waals surface area (Å²) >= 11 is 0. The van der Waals surface area contributed by atoms with E-state index >= 15 is 0 Å². The predicted molar refractivity (Wildman–Crippen MR) is 182 cm³/mol. The van der Waals surface area contributed by atoms with Gasteiger partial charge in [0.15, 0.2) is 5.78 Å². The fourth-order valence-corrected chi connectivity index (χ4v) is 7.23. The van der Waals surface area contributed by atoms with Crippen molar-refractivity contribution in [2.45, 2.75) is 122 Å². The third-order valence-corrected chi connectivity index (χ3v) is 9.86. The van der Waals surface area contributed by atoms with E-state index in [9.17, 15) is 9.18 Å². The van der Waals surface area contributed by atoms with E-state index in [2.05, 4.69) is 61.0 Å². The highest BCUT2D eigenvalue weighted by molar-refractivity contribution is 6.46. The summed E-state index contributed by atoms with van der Waals surface area (Å²) in [7, 11) is 1.77. The number of unbranched alkanes of at least 4 members (excludes halogenated alkanes) is 1. The lowest BCUT2D eigenvalue weighted by Crippen LogP contribution is -2.18. The molecule has 2 fully saturated rings. The molecule has 2 saturated carbocycles. The van der Waals surface area contributed by atoms with Crippen LogP contribution < -0.4 is 0 Å². The number of halogens is 1. The summed E-state index contributed by atoms with van der Waals surface area (Å²) in [4.78, 5) is 18.2. The van der Waals surface area contributed by atoms with Gasteiger partial charge in [-0.15, -0.1) is 0 Å². The fraction of sp³-hybridized carbons (Fsp3) is 0.600. The number of hydrogen-bond acceptors (Lipinski definition) is 2. The first-order valence-corrected chi connectivity index (χ1v) is 17.3. The van der Waals surface area contributed by atoms with Gasteiger partial charge in [0.25, 0.3) is 0 Å². The van der Waals surface area contributed by atoms with Crippen molar-refractivity contribution < 1.29 is 10.6 Å². The van der Waals surface area contributed by atoms with E-state index in [4.69, 9.17) is 0 Å². The zero-order chi connectivity index (χ0) is 30.4. The minimum Gasteiger partial charge on any atom is -0.292 e. The van der Waals surface area contributed by atoms with Crippen molar-refractivity contribution in [3.05, 3.63) is 71.1 Å². The Balaban J connectivity index is 0.00000529. The first kappa shape index (κ1) is 33.2. The molecule has 0 bridgehead atoms. The van der Waals surface area contributed by atoms with Crippen LogP contribution in [0, 0.1) is 35.5 Å². The van der Waals surface area contributed by atoms with Gasteiger partial charge in [0.05, 0.1) is 0 Å². The quantitative estimate of drug-likeness (QED) is 0.0871. The second-order valence-corrected chi connectivity index (χ2v) is 13.4. The lowest BCUT2D eigenvalue weighted by molar-refractivity contribution is -0.113. The van der Waals surface area contributed by atoms with E-state index < -0.39 is 0 Å². The Morgan fingerprint density at radius 2 is 1.79 bits per heavy atom. The van der Waals surface area contributed by atoms with Crippen LogP contribution in [0.1, 0.15) is 129 Å². The highest BCUT2D eigenvalue weighted by atomic mass is 19.1. The summed E-state index contributed by atoms with van der Waals surface area (Å²) in [6.07, 6.45) is 23.1. The number of Topliss-reactive ketones (excluding diaryl/α,β-unsaturated/α-hetero) is 1. The van der Waals surface area contributed by atoms with Gasteiger partial charge in [0.1, 0.15) is 11.5 Å². The number of fused-ring (bicyclic) bond motifs is 1. The van der Waals surface area contributed by atoms with Crippen molar-refractivity contribution in [2.75, 3.05) is 7.05 Å². The van der Waals surface area contributed by atoms with E-state index in [1.807, 2.05) is 12.2 Å². The number of rotatable bonds is 15. The van der Waals surface area contributed by atoms with Gasteiger partial charge in [0.2, 0.25) is 0 Å². The topological polar surface area (TPSA) is 29.4 Å². The Labute approximate surface area is 262 Å². The van der Waals surface area contributed by atoms with Crippen LogP contribution in [0.15, 0.2) is 70.5 Å². The van der Waals surface area contributed by atoms with Crippen LogP contribution in [0.4, 0.5) is 4.39 Å². The molecule has 1 aromatic carbocycles. The molecule has 4 atom stereocenters. The zero-order valence-corrected chi connectivity index (χ0v) is 27.1. The Bertz CT molecular complexity index is 1220. The predicted octanol–water partition coefficient (Wildman–Crippen LogP) is 11.2. The fourth-order valence-electron chi connectivity index (χ4n) is 7.23. The van der Waals surface area contributed by atoms with E-state index in [1.54, 1.807) is 13.1 Å². The SMILES string of the molecule is CCC[C@H](CCC(=O)C(=NC)/C(=C\C#CC1CCCCCC1)CCCC[C@@H](C)CC1=CC=C(F)C2CC12)c1ccccc1.[HH]. The van der Waals surface area contributed by atoms with Gasteiger partial charge < -0.3 is 0 Å². The second kappa shape index (κ2) is 17.5. The molecule has 0 aromatic heterocycles. The van der Waals surface area contributed by atoms with E-state index in [0.717, 1.165) is 63.4 Å². The summed E-state index contributed by atoms with van der Waals surface area (Å²) in [5, 5.41) is 0. The highest BCUT2D eigenvalue weighted by Crippen LogP contribution is 2.53. The lowest BCUT2D eigenvalue weighted by atomic mass is 9.87. The molecule has 3 aliphatic carbocycles. The molecule has 3 heteroatoms. The average molecular weight is 586 g/mol. The molecule has 4 rings (SSSR count). The number of ketones is 1. The normalized spacial score (nSPS) is 22.3. The molecule has 1 aromatic rings. The minimum atomic E-state index is 0. The summed E-state index contributed by atoms with van der Waals surface area (Å²) in [6.45, 7) is 4.54. The first-order chi connectivity index (χ1) is 21.0. The van der Waals surface area contributed by atoms with E-state index in [0.29, 0.717) is 35.8 Å². The monoisotopic (exact) mass is 585 g/mol. The number of aliphatic imine (C=N–C) groups is 1. The maximum atomic E-state index is 13.8. The molecule has 0 N–H and O–H groups in total. The summed E-state index contributed by atoms with van der Waals surface area (Å²) in [5.41, 5.74) is 4.42. The Hall–Kier alpha value is -2.73. The Kier molecular flexibility index (Phi) is 13.5. The third kappa shape index (κ3) is 10.4. The van der Waals surface area contributed by atoms with Gasteiger partial charge in [-0.1, -0.05) is 113 Å². The molecule has 0 amide bonds. The lowest BCUT2D eigenvalue weighted by Gasteiger charge is -2.17. The molecule has 0 spiro atoms. The number of carbonyl (C=O) groups is 1. The smallest absolute Gasteiger partial charge is 0.181 e. The summed E-state index contributed by atoms with van der Waals surface area (Å²) < 4.78 is 13.8. The molecule has 2 nitrogen and oxygen atoms in total. The number of hydrogen-bond donors (Lipinski definition) is 0. The molecular formula is C40H56FNO. The minimum absolute atomic E-state index is 0. The van der Waals surface area contributed by atoms with E-state index in [1.165, 1.54) is 49.7 Å². The van der Waals surface area contributed by atoms with Crippen LogP contribution in [-0.4, -0.2) is 18.5 Å². The number of benzene rings is 1. The molecule has 0 aliphatic heterocycles. The third-order valence-electron chi connectivity index (χ3n) is 9.86. The van der Waals surface area contributed by atoms with E-state index in [-0.39, 0.29) is 19.0 Å². The van der Waals surface area contributed by atoms with Crippen molar-refractivity contribution in [1.82, 2.24) is 0 Å². The molecular weight excluding hydrogens is 529 g/mol. The van der Waals surface area contributed by atoms with Gasteiger partial charge in [-0.3, -0.25) is 9.79 Å². The maximum Gasteiger partial charge on any atom is 0.181 e.